The SMILES string of the molecule is COc1cc(C2C3=C(CC(C)(C)CC3=O)Nc3nc(SC)[nH]c(=O)c32)cc(OC)c1OC. The number of nitrogens with one attached hydrogen (secondary N) is 2. The molecule has 9 heteroatoms. The number of hydrogen-bond acceptors (Lipinski definition) is 8. The molecular weight excluding hydrogens is 430 g/mol. The van der Waals surface area contributed by atoms with E-state index in [-0.39, 0.29) is 16.8 Å². The number of ether oxygens (including phenoxy) is 3. The van der Waals surface area contributed by atoms with Crippen molar-refractivity contribution in [1.29, 1.82) is 0 Å². The first-order chi connectivity index (χ1) is 15.2. The lowest BCUT2D eigenvalue weighted by Crippen LogP contribution is -2.37. The van der Waals surface area contributed by atoms with Crippen molar-refractivity contribution in [2.75, 3.05) is 32.9 Å². The molecule has 1 aliphatic carbocycles. The fourth-order valence-electron chi connectivity index (χ4n) is 4.59. The van der Waals surface area contributed by atoms with E-state index in [0.29, 0.717) is 57.8 Å². The van der Waals surface area contributed by atoms with Crippen LogP contribution in [0.25, 0.3) is 0 Å². The van der Waals surface area contributed by atoms with Crippen molar-refractivity contribution in [2.24, 2.45) is 5.41 Å². The van der Waals surface area contributed by atoms with E-state index in [0.717, 1.165) is 5.70 Å². The second-order valence-corrected chi connectivity index (χ2v) is 9.48. The van der Waals surface area contributed by atoms with Crippen LogP contribution in [0.4, 0.5) is 5.82 Å². The van der Waals surface area contributed by atoms with E-state index in [2.05, 4.69) is 29.1 Å². The number of benzene rings is 1. The molecule has 2 aromatic rings. The van der Waals surface area contributed by atoms with Crippen molar-refractivity contribution in [3.8, 4) is 17.2 Å². The van der Waals surface area contributed by atoms with E-state index in [9.17, 15) is 9.59 Å². The van der Waals surface area contributed by atoms with Gasteiger partial charge in [-0.25, -0.2) is 4.98 Å². The Bertz CT molecular complexity index is 1160. The first kappa shape index (κ1) is 22.3. The summed E-state index contributed by atoms with van der Waals surface area (Å²) < 4.78 is 16.5. The second kappa shape index (κ2) is 8.20. The van der Waals surface area contributed by atoms with E-state index in [1.807, 2.05) is 6.26 Å². The number of ketones is 1. The summed E-state index contributed by atoms with van der Waals surface area (Å²) in [7, 11) is 4.61. The third-order valence-corrected chi connectivity index (χ3v) is 6.49. The van der Waals surface area contributed by atoms with E-state index in [1.165, 1.54) is 33.1 Å². The zero-order chi connectivity index (χ0) is 23.2. The Morgan fingerprint density at radius 1 is 1.06 bits per heavy atom. The maximum absolute atomic E-state index is 13.4. The Morgan fingerprint density at radius 3 is 2.28 bits per heavy atom. The molecule has 8 nitrogen and oxygen atoms in total. The minimum atomic E-state index is -0.606. The number of carbonyl (C=O) groups excluding carboxylic acids is 1. The molecule has 2 aliphatic rings. The number of rotatable bonds is 5. The molecule has 4 rings (SSSR count). The fourth-order valence-corrected chi connectivity index (χ4v) is 4.97. The molecule has 1 atom stereocenters. The van der Waals surface area contributed by atoms with E-state index in [1.54, 1.807) is 12.1 Å². The summed E-state index contributed by atoms with van der Waals surface area (Å²) in [5, 5.41) is 3.82. The molecule has 32 heavy (non-hydrogen) atoms. The molecule has 0 amide bonds. The summed E-state index contributed by atoms with van der Waals surface area (Å²) in [6.45, 7) is 4.14. The molecule has 0 spiro atoms. The normalized spacial score (nSPS) is 19.1. The Labute approximate surface area is 190 Å². The molecule has 1 aliphatic heterocycles. The number of fused-ring (bicyclic) bond motifs is 1. The van der Waals surface area contributed by atoms with Crippen molar-refractivity contribution < 1.29 is 19.0 Å². The van der Waals surface area contributed by atoms with Crippen molar-refractivity contribution in [2.45, 2.75) is 37.8 Å². The van der Waals surface area contributed by atoms with Gasteiger partial charge in [0, 0.05) is 23.6 Å². The Balaban J connectivity index is 2.02. The summed E-state index contributed by atoms with van der Waals surface area (Å²) >= 11 is 1.35. The number of nitrogens with zero attached hydrogens (tertiary/aromatic N) is 1. The van der Waals surface area contributed by atoms with Crippen LogP contribution in [0.3, 0.4) is 0 Å². The Hall–Kier alpha value is -2.94. The minimum absolute atomic E-state index is 0.0153. The highest BCUT2D eigenvalue weighted by atomic mass is 32.2. The monoisotopic (exact) mass is 457 g/mol. The maximum atomic E-state index is 13.4. The maximum Gasteiger partial charge on any atom is 0.257 e. The standard InChI is InChI=1S/C23H27N3O5S/c1-23(2)9-12-17(13(27)10-23)16(18-20(24-12)25-22(32-6)26-21(18)28)11-7-14(29-3)19(31-5)15(8-11)30-4/h7-8,16H,9-10H2,1-6H3,(H2,24,25,26,28). The van der Waals surface area contributed by atoms with Gasteiger partial charge in [0.15, 0.2) is 22.4 Å². The quantitative estimate of drug-likeness (QED) is 0.517. The smallest absolute Gasteiger partial charge is 0.257 e. The minimum Gasteiger partial charge on any atom is -0.493 e. The number of Topliss-reactive ketones (excluding diaryl/α,β-unsaturated/α-hetero) is 1. The number of hydrogen-bond donors (Lipinski definition) is 2. The van der Waals surface area contributed by atoms with Crippen LogP contribution in [-0.2, 0) is 4.79 Å². The number of allylic oxidation sites excluding steroid dienone is 2. The summed E-state index contributed by atoms with van der Waals surface area (Å²) in [4.78, 5) is 34.0. The fraction of sp³-hybridized carbons (Fsp3) is 0.435. The average Bonchev–Trinajstić information content (AvgIpc) is 2.75. The third-order valence-electron chi connectivity index (χ3n) is 5.91. The highest BCUT2D eigenvalue weighted by Crippen LogP contribution is 2.50. The molecule has 170 valence electrons. The van der Waals surface area contributed by atoms with Gasteiger partial charge in [0.05, 0.1) is 26.9 Å². The lowest BCUT2D eigenvalue weighted by Gasteiger charge is -2.38. The van der Waals surface area contributed by atoms with Gasteiger partial charge in [0.2, 0.25) is 5.75 Å². The third kappa shape index (κ3) is 3.64. The number of aromatic amines is 1. The van der Waals surface area contributed by atoms with E-state index >= 15 is 0 Å². The van der Waals surface area contributed by atoms with Gasteiger partial charge >= 0.3 is 0 Å². The molecule has 0 fully saturated rings. The van der Waals surface area contributed by atoms with Crippen LogP contribution in [-0.4, -0.2) is 43.3 Å². The van der Waals surface area contributed by atoms with Gasteiger partial charge in [-0.2, -0.15) is 0 Å². The van der Waals surface area contributed by atoms with Gasteiger partial charge in [-0.15, -0.1) is 0 Å². The van der Waals surface area contributed by atoms with Gasteiger partial charge in [-0.1, -0.05) is 25.6 Å². The van der Waals surface area contributed by atoms with Gasteiger partial charge in [-0.05, 0) is 35.8 Å². The largest absolute Gasteiger partial charge is 0.493 e. The van der Waals surface area contributed by atoms with Crippen molar-refractivity contribution in [3.05, 3.63) is 44.9 Å². The lowest BCUT2D eigenvalue weighted by molar-refractivity contribution is -0.118. The number of thioether (sulfide) groups is 1. The van der Waals surface area contributed by atoms with Gasteiger partial charge < -0.3 is 24.5 Å². The van der Waals surface area contributed by atoms with Gasteiger partial charge in [0.25, 0.3) is 5.56 Å². The zero-order valence-corrected chi connectivity index (χ0v) is 19.9. The molecule has 2 N–H and O–H groups in total. The second-order valence-electron chi connectivity index (χ2n) is 8.69. The molecule has 0 saturated carbocycles. The molecular formula is C23H27N3O5S. The predicted molar refractivity (Wildman–Crippen MR) is 123 cm³/mol. The van der Waals surface area contributed by atoms with Crippen LogP contribution in [0.5, 0.6) is 17.2 Å². The number of H-pyrrole nitrogens is 1. The van der Waals surface area contributed by atoms with Crippen LogP contribution in [0.1, 0.15) is 43.7 Å². The Morgan fingerprint density at radius 2 is 1.72 bits per heavy atom. The molecule has 0 bridgehead atoms. The first-order valence-corrected chi connectivity index (χ1v) is 11.5. The lowest BCUT2D eigenvalue weighted by atomic mass is 9.69. The highest BCUT2D eigenvalue weighted by molar-refractivity contribution is 7.98. The number of anilines is 1. The summed E-state index contributed by atoms with van der Waals surface area (Å²) in [5.41, 5.74) is 2.03. The predicted octanol–water partition coefficient (Wildman–Crippen LogP) is 3.72. The zero-order valence-electron chi connectivity index (χ0n) is 19.0. The molecule has 2 heterocycles. The van der Waals surface area contributed by atoms with Crippen molar-refractivity contribution in [1.82, 2.24) is 9.97 Å². The van der Waals surface area contributed by atoms with Crippen LogP contribution < -0.4 is 25.1 Å². The summed E-state index contributed by atoms with van der Waals surface area (Å²) in [5.74, 6) is 1.24. The molecule has 1 unspecified atom stereocenters. The number of aromatic nitrogens is 2. The summed E-state index contributed by atoms with van der Waals surface area (Å²) in [6.07, 6.45) is 2.93. The first-order valence-electron chi connectivity index (χ1n) is 10.2. The molecule has 0 radical (unpaired) electrons. The van der Waals surface area contributed by atoms with E-state index < -0.39 is 5.92 Å². The highest BCUT2D eigenvalue weighted by Gasteiger charge is 2.42. The average molecular weight is 458 g/mol. The molecule has 0 saturated heterocycles. The van der Waals surface area contributed by atoms with Crippen LogP contribution in [0, 0.1) is 5.41 Å². The van der Waals surface area contributed by atoms with E-state index in [4.69, 9.17) is 14.2 Å². The van der Waals surface area contributed by atoms with Crippen molar-refractivity contribution >= 4 is 23.4 Å². The van der Waals surface area contributed by atoms with Gasteiger partial charge in [0.1, 0.15) is 5.82 Å². The van der Waals surface area contributed by atoms with Crippen LogP contribution >= 0.6 is 11.8 Å². The number of methoxy groups -OCH3 is 3. The van der Waals surface area contributed by atoms with Crippen molar-refractivity contribution in [3.63, 3.8) is 0 Å². The van der Waals surface area contributed by atoms with Crippen LogP contribution in [0.2, 0.25) is 0 Å². The van der Waals surface area contributed by atoms with Crippen LogP contribution in [0.15, 0.2) is 33.4 Å². The molecule has 1 aromatic carbocycles. The Kier molecular flexibility index (Phi) is 5.70. The topological polar surface area (TPSA) is 103 Å². The summed E-state index contributed by atoms with van der Waals surface area (Å²) in [6, 6.07) is 3.58. The van der Waals surface area contributed by atoms with Gasteiger partial charge in [-0.3, -0.25) is 9.59 Å². The number of carbonyl (C=O) groups is 1. The molecule has 1 aromatic heterocycles.